The van der Waals surface area contributed by atoms with E-state index < -0.39 is 17.3 Å². The first-order chi connectivity index (χ1) is 12.6. The van der Waals surface area contributed by atoms with Crippen molar-refractivity contribution in [1.29, 1.82) is 0 Å². The fourth-order valence-electron chi connectivity index (χ4n) is 3.43. The molecule has 3 rings (SSSR count). The van der Waals surface area contributed by atoms with Crippen molar-refractivity contribution in [3.8, 4) is 0 Å². The van der Waals surface area contributed by atoms with Gasteiger partial charge in [0, 0.05) is 26.6 Å². The number of Topliss-reactive ketones (excluding diaryl/α,β-unsaturated/α-hetero) is 1. The maximum absolute atomic E-state index is 12.9. The smallest absolute Gasteiger partial charge is 0.348 e. The van der Waals surface area contributed by atoms with Crippen LogP contribution in [-0.4, -0.2) is 29.8 Å². The first kappa shape index (κ1) is 19.1. The fraction of sp³-hybridized carbons (Fsp3) is 0.421. The van der Waals surface area contributed by atoms with Crippen molar-refractivity contribution in [1.82, 2.24) is 9.97 Å². The summed E-state index contributed by atoms with van der Waals surface area (Å²) in [5.41, 5.74) is 0.402. The third-order valence-electron chi connectivity index (χ3n) is 4.78. The van der Waals surface area contributed by atoms with Gasteiger partial charge in [-0.25, -0.2) is 4.98 Å². The van der Waals surface area contributed by atoms with Crippen LogP contribution in [0.4, 0.5) is 19.1 Å². The number of ketones is 1. The number of alkyl halides is 3. The van der Waals surface area contributed by atoms with Crippen molar-refractivity contribution in [2.45, 2.75) is 37.8 Å². The molecule has 1 atom stereocenters. The summed E-state index contributed by atoms with van der Waals surface area (Å²) in [7, 11) is 3.39. The van der Waals surface area contributed by atoms with E-state index in [9.17, 15) is 22.8 Å². The number of fused-ring (bicyclic) bond motifs is 1. The van der Waals surface area contributed by atoms with Crippen LogP contribution in [0.15, 0.2) is 29.1 Å². The van der Waals surface area contributed by atoms with Gasteiger partial charge in [0.2, 0.25) is 5.95 Å². The number of nitrogens with zero attached hydrogens (tertiary/aromatic N) is 2. The van der Waals surface area contributed by atoms with Crippen LogP contribution in [0.3, 0.4) is 0 Å². The number of aryl methyl sites for hydroxylation is 1. The molecule has 2 aromatic rings. The number of aromatic amines is 1. The van der Waals surface area contributed by atoms with Crippen molar-refractivity contribution in [3.63, 3.8) is 0 Å². The van der Waals surface area contributed by atoms with E-state index in [-0.39, 0.29) is 29.8 Å². The summed E-state index contributed by atoms with van der Waals surface area (Å²) < 4.78 is 38.8. The molecule has 0 spiro atoms. The number of benzene rings is 1. The van der Waals surface area contributed by atoms with Crippen LogP contribution in [-0.2, 0) is 12.6 Å². The van der Waals surface area contributed by atoms with Crippen molar-refractivity contribution < 1.29 is 18.0 Å². The van der Waals surface area contributed by atoms with Gasteiger partial charge in [0.25, 0.3) is 5.56 Å². The Bertz CT molecular complexity index is 919. The number of H-pyrrole nitrogens is 1. The maximum Gasteiger partial charge on any atom is 0.416 e. The van der Waals surface area contributed by atoms with Gasteiger partial charge in [0.15, 0.2) is 5.78 Å². The second kappa shape index (κ2) is 7.17. The Labute approximate surface area is 154 Å². The predicted octanol–water partition coefficient (Wildman–Crippen LogP) is 3.55. The first-order valence-electron chi connectivity index (χ1n) is 8.67. The molecule has 0 aliphatic heterocycles. The molecule has 1 aliphatic rings. The van der Waals surface area contributed by atoms with E-state index in [1.807, 2.05) is 0 Å². The normalized spacial score (nSPS) is 16.7. The molecule has 5 nitrogen and oxygen atoms in total. The Morgan fingerprint density at radius 1 is 1.30 bits per heavy atom. The molecule has 0 fully saturated rings. The molecule has 1 aliphatic carbocycles. The lowest BCUT2D eigenvalue weighted by Gasteiger charge is -2.26. The predicted molar refractivity (Wildman–Crippen MR) is 95.3 cm³/mol. The Morgan fingerprint density at radius 3 is 2.70 bits per heavy atom. The zero-order chi connectivity index (χ0) is 19.8. The highest BCUT2D eigenvalue weighted by molar-refractivity contribution is 5.95. The number of rotatable bonds is 4. The number of carbonyl (C=O) groups excluding carboxylic acids is 1. The van der Waals surface area contributed by atoms with Crippen LogP contribution in [0, 0.1) is 0 Å². The van der Waals surface area contributed by atoms with Crippen LogP contribution in [0.5, 0.6) is 0 Å². The molecule has 0 saturated carbocycles. The van der Waals surface area contributed by atoms with Crippen molar-refractivity contribution in [3.05, 3.63) is 57.0 Å². The van der Waals surface area contributed by atoms with Gasteiger partial charge >= 0.3 is 6.18 Å². The average molecular weight is 379 g/mol. The van der Waals surface area contributed by atoms with E-state index in [0.29, 0.717) is 18.4 Å². The summed E-state index contributed by atoms with van der Waals surface area (Å²) in [6.07, 6.45) is -2.26. The quantitative estimate of drug-likeness (QED) is 0.825. The average Bonchev–Trinajstić information content (AvgIpc) is 2.60. The molecule has 0 bridgehead atoms. The van der Waals surface area contributed by atoms with E-state index in [1.165, 1.54) is 12.1 Å². The zero-order valence-electron chi connectivity index (χ0n) is 15.1. The molecule has 0 unspecified atom stereocenters. The number of hydrogen-bond donors (Lipinski definition) is 1. The largest absolute Gasteiger partial charge is 0.416 e. The Morgan fingerprint density at radius 2 is 2.04 bits per heavy atom. The molecular weight excluding hydrogens is 359 g/mol. The second-order valence-electron chi connectivity index (χ2n) is 6.98. The van der Waals surface area contributed by atoms with Crippen LogP contribution in [0.25, 0.3) is 0 Å². The zero-order valence-corrected chi connectivity index (χ0v) is 15.1. The maximum atomic E-state index is 12.9. The molecule has 0 amide bonds. The Hall–Kier alpha value is -2.64. The molecule has 8 heteroatoms. The molecule has 0 saturated heterocycles. The highest BCUT2D eigenvalue weighted by Crippen LogP contribution is 2.38. The third kappa shape index (κ3) is 4.20. The highest BCUT2D eigenvalue weighted by Gasteiger charge is 2.32. The number of nitrogens with one attached hydrogen (secondary N) is 1. The molecule has 144 valence electrons. The van der Waals surface area contributed by atoms with Gasteiger partial charge in [-0.2, -0.15) is 13.2 Å². The third-order valence-corrected chi connectivity index (χ3v) is 4.78. The minimum absolute atomic E-state index is 0.0708. The van der Waals surface area contributed by atoms with Crippen molar-refractivity contribution >= 4 is 11.7 Å². The van der Waals surface area contributed by atoms with E-state index in [0.717, 1.165) is 24.1 Å². The van der Waals surface area contributed by atoms with E-state index in [4.69, 9.17) is 0 Å². The van der Waals surface area contributed by atoms with Gasteiger partial charge in [0.1, 0.15) is 5.69 Å². The van der Waals surface area contributed by atoms with Gasteiger partial charge in [-0.1, -0.05) is 6.07 Å². The SMILES string of the molecule is CN(C)c1nc(C(=O)C[C@H]2CCCc3cc(C(F)(F)F)ccc32)cc(=O)[nH]1. The van der Waals surface area contributed by atoms with E-state index in [1.54, 1.807) is 19.0 Å². The summed E-state index contributed by atoms with van der Waals surface area (Å²) in [6.45, 7) is 0. The number of aromatic nitrogens is 2. The van der Waals surface area contributed by atoms with Gasteiger partial charge in [0.05, 0.1) is 5.56 Å². The monoisotopic (exact) mass is 379 g/mol. The lowest BCUT2D eigenvalue weighted by molar-refractivity contribution is -0.137. The molecule has 0 radical (unpaired) electrons. The van der Waals surface area contributed by atoms with Crippen LogP contribution in [0.1, 0.15) is 52.4 Å². The highest BCUT2D eigenvalue weighted by atomic mass is 19.4. The summed E-state index contributed by atoms with van der Waals surface area (Å²) in [6, 6.07) is 4.89. The summed E-state index contributed by atoms with van der Waals surface area (Å²) >= 11 is 0. The van der Waals surface area contributed by atoms with Crippen molar-refractivity contribution in [2.24, 2.45) is 0 Å². The number of carbonyl (C=O) groups is 1. The minimum Gasteiger partial charge on any atom is -0.348 e. The summed E-state index contributed by atoms with van der Waals surface area (Å²) in [5, 5.41) is 0. The van der Waals surface area contributed by atoms with Crippen LogP contribution in [0.2, 0.25) is 0 Å². The minimum atomic E-state index is -4.38. The number of hydrogen-bond acceptors (Lipinski definition) is 4. The van der Waals surface area contributed by atoms with Crippen LogP contribution >= 0.6 is 0 Å². The van der Waals surface area contributed by atoms with Crippen molar-refractivity contribution in [2.75, 3.05) is 19.0 Å². The van der Waals surface area contributed by atoms with E-state index >= 15 is 0 Å². The molecule has 1 N–H and O–H groups in total. The molecule has 27 heavy (non-hydrogen) atoms. The van der Waals surface area contributed by atoms with Gasteiger partial charge in [-0.15, -0.1) is 0 Å². The molecular formula is C19H20F3N3O2. The summed E-state index contributed by atoms with van der Waals surface area (Å²) in [5.74, 6) is -0.181. The molecule has 1 heterocycles. The lowest BCUT2D eigenvalue weighted by atomic mass is 9.79. The van der Waals surface area contributed by atoms with Crippen LogP contribution < -0.4 is 10.5 Å². The molecule has 1 aromatic carbocycles. The Kier molecular flexibility index (Phi) is 5.08. The number of halogens is 3. The van der Waals surface area contributed by atoms with Gasteiger partial charge in [-0.3, -0.25) is 14.6 Å². The number of anilines is 1. The van der Waals surface area contributed by atoms with E-state index in [2.05, 4.69) is 9.97 Å². The van der Waals surface area contributed by atoms with Gasteiger partial charge < -0.3 is 4.90 Å². The summed E-state index contributed by atoms with van der Waals surface area (Å²) in [4.78, 5) is 32.7. The lowest BCUT2D eigenvalue weighted by Crippen LogP contribution is -2.22. The molecule has 1 aromatic heterocycles. The second-order valence-corrected chi connectivity index (χ2v) is 6.98. The topological polar surface area (TPSA) is 66.1 Å². The first-order valence-corrected chi connectivity index (χ1v) is 8.67. The Balaban J connectivity index is 1.86. The van der Waals surface area contributed by atoms with Gasteiger partial charge in [-0.05, 0) is 48.4 Å². The fourth-order valence-corrected chi connectivity index (χ4v) is 3.43. The standard InChI is InChI=1S/C19H20F3N3O2/c1-25(2)18-23-15(10-17(27)24-18)16(26)9-12-5-3-4-11-8-13(19(20,21)22)6-7-14(11)12/h6-8,10,12H,3-5,9H2,1-2H3,(H,23,24,27)/t12-/m1/s1.